The average Bonchev–Trinajstić information content (AvgIpc) is 2.99. The zero-order valence-electron chi connectivity index (χ0n) is 14.3. The monoisotopic (exact) mass is 402 g/mol. The summed E-state index contributed by atoms with van der Waals surface area (Å²) in [5.41, 5.74) is 2.76. The highest BCUT2D eigenvalue weighted by Gasteiger charge is 2.11. The topological polar surface area (TPSA) is 9.23 Å². The summed E-state index contributed by atoms with van der Waals surface area (Å²) in [5, 5.41) is 1.34. The fraction of sp³-hybridized carbons (Fsp3) is 0.333. The second-order valence-corrected chi connectivity index (χ2v) is 8.06. The lowest BCUT2D eigenvalue weighted by Gasteiger charge is -2.13. The molecule has 0 unspecified atom stereocenters. The Morgan fingerprint density at radius 2 is 1.88 bits per heavy atom. The summed E-state index contributed by atoms with van der Waals surface area (Å²) < 4.78 is 8.36. The number of thiophene rings is 1. The predicted molar refractivity (Wildman–Crippen MR) is 109 cm³/mol. The van der Waals surface area contributed by atoms with Crippen molar-refractivity contribution >= 4 is 37.4 Å². The molecule has 0 saturated carbocycles. The van der Waals surface area contributed by atoms with Crippen LogP contribution in [0.25, 0.3) is 10.1 Å². The maximum atomic E-state index is 5.93. The van der Waals surface area contributed by atoms with Gasteiger partial charge in [-0.2, -0.15) is 0 Å². The molecule has 0 spiro atoms. The summed E-state index contributed by atoms with van der Waals surface area (Å²) >= 11 is 5.58. The average molecular weight is 403 g/mol. The summed E-state index contributed by atoms with van der Waals surface area (Å²) in [6, 6.07) is 15.4. The molecule has 1 aromatic heterocycles. The number of hydrogen-bond donors (Lipinski definition) is 0. The minimum atomic E-state index is 0.786. The van der Waals surface area contributed by atoms with Gasteiger partial charge in [0.1, 0.15) is 5.75 Å². The number of benzene rings is 2. The van der Waals surface area contributed by atoms with Gasteiger partial charge in [-0.1, -0.05) is 38.5 Å². The molecule has 0 bridgehead atoms. The third-order valence-corrected chi connectivity index (χ3v) is 5.97. The first-order chi connectivity index (χ1) is 11.7. The van der Waals surface area contributed by atoms with E-state index in [1.807, 2.05) is 11.3 Å². The summed E-state index contributed by atoms with van der Waals surface area (Å²) in [6.07, 6.45) is 4.26. The Kier molecular flexibility index (Phi) is 5.96. The van der Waals surface area contributed by atoms with Crippen molar-refractivity contribution in [1.29, 1.82) is 0 Å². The molecular formula is C21H23BrOS. The summed E-state index contributed by atoms with van der Waals surface area (Å²) in [4.78, 5) is 1.41. The number of ether oxygens (including phenoxy) is 1. The minimum Gasteiger partial charge on any atom is -0.492 e. The van der Waals surface area contributed by atoms with E-state index in [9.17, 15) is 0 Å². The molecule has 3 rings (SSSR count). The van der Waals surface area contributed by atoms with Gasteiger partial charge in [0.2, 0.25) is 0 Å². The molecule has 0 saturated heterocycles. The molecular weight excluding hydrogens is 380 g/mol. The van der Waals surface area contributed by atoms with E-state index in [1.165, 1.54) is 26.1 Å². The van der Waals surface area contributed by atoms with E-state index >= 15 is 0 Å². The molecule has 3 heteroatoms. The van der Waals surface area contributed by atoms with Gasteiger partial charge < -0.3 is 4.74 Å². The third-order valence-electron chi connectivity index (χ3n) is 4.23. The lowest BCUT2D eigenvalue weighted by Crippen LogP contribution is -2.00. The Morgan fingerprint density at radius 1 is 1.04 bits per heavy atom. The SMILES string of the molecule is CCCCOc1cc(CC)c(Cc2cc3ccccc3s2)cc1Br. The van der Waals surface area contributed by atoms with Crippen LogP contribution in [0.5, 0.6) is 5.75 Å². The van der Waals surface area contributed by atoms with Crippen molar-refractivity contribution < 1.29 is 4.74 Å². The van der Waals surface area contributed by atoms with E-state index < -0.39 is 0 Å². The lowest BCUT2D eigenvalue weighted by atomic mass is 10.0. The quantitative estimate of drug-likeness (QED) is 0.386. The number of aryl methyl sites for hydroxylation is 1. The van der Waals surface area contributed by atoms with Crippen molar-refractivity contribution in [3.05, 3.63) is 62.9 Å². The Labute approximate surface area is 156 Å². The van der Waals surface area contributed by atoms with Crippen molar-refractivity contribution in [2.75, 3.05) is 6.61 Å². The van der Waals surface area contributed by atoms with Gasteiger partial charge in [-0.05, 0) is 69.6 Å². The Hall–Kier alpha value is -1.32. The summed E-state index contributed by atoms with van der Waals surface area (Å²) in [6.45, 7) is 5.19. The zero-order valence-corrected chi connectivity index (χ0v) is 16.7. The van der Waals surface area contributed by atoms with Crippen LogP contribution in [0.3, 0.4) is 0 Å². The predicted octanol–water partition coefficient (Wildman–Crippen LogP) is 7.00. The van der Waals surface area contributed by atoms with Crippen LogP contribution in [0.4, 0.5) is 0 Å². The fourth-order valence-electron chi connectivity index (χ4n) is 2.88. The van der Waals surface area contributed by atoms with Gasteiger partial charge in [-0.15, -0.1) is 11.3 Å². The van der Waals surface area contributed by atoms with Gasteiger partial charge in [0.15, 0.2) is 0 Å². The second-order valence-electron chi connectivity index (χ2n) is 6.03. The van der Waals surface area contributed by atoms with E-state index in [2.05, 4.69) is 72.2 Å². The largest absolute Gasteiger partial charge is 0.492 e. The van der Waals surface area contributed by atoms with Gasteiger partial charge in [0, 0.05) is 16.0 Å². The maximum Gasteiger partial charge on any atom is 0.133 e. The molecule has 1 nitrogen and oxygen atoms in total. The first-order valence-electron chi connectivity index (χ1n) is 8.62. The first kappa shape index (κ1) is 17.5. The van der Waals surface area contributed by atoms with E-state index in [4.69, 9.17) is 4.74 Å². The van der Waals surface area contributed by atoms with E-state index in [-0.39, 0.29) is 0 Å². The van der Waals surface area contributed by atoms with Gasteiger partial charge >= 0.3 is 0 Å². The normalized spacial score (nSPS) is 11.1. The molecule has 0 N–H and O–H groups in total. The molecule has 0 aliphatic carbocycles. The highest BCUT2D eigenvalue weighted by molar-refractivity contribution is 9.10. The van der Waals surface area contributed by atoms with E-state index in [0.29, 0.717) is 0 Å². The van der Waals surface area contributed by atoms with Gasteiger partial charge in [-0.3, -0.25) is 0 Å². The molecule has 24 heavy (non-hydrogen) atoms. The van der Waals surface area contributed by atoms with E-state index in [0.717, 1.165) is 42.5 Å². The van der Waals surface area contributed by atoms with Crippen LogP contribution in [0.1, 0.15) is 42.7 Å². The molecule has 126 valence electrons. The molecule has 3 aromatic rings. The van der Waals surface area contributed by atoms with Crippen LogP contribution in [0.15, 0.2) is 46.9 Å². The molecule has 0 amide bonds. The molecule has 1 heterocycles. The van der Waals surface area contributed by atoms with Gasteiger partial charge in [0.25, 0.3) is 0 Å². The Balaban J connectivity index is 1.85. The highest BCUT2D eigenvalue weighted by Crippen LogP contribution is 2.33. The first-order valence-corrected chi connectivity index (χ1v) is 10.2. The molecule has 0 radical (unpaired) electrons. The van der Waals surface area contributed by atoms with Crippen LogP contribution >= 0.6 is 27.3 Å². The molecule has 2 aromatic carbocycles. The standard InChI is InChI=1S/C21H23BrOS/c1-3-5-10-23-20-14-15(4-2)17(13-19(20)22)12-18-11-16-8-6-7-9-21(16)24-18/h6-9,11,13-14H,3-5,10,12H2,1-2H3. The summed E-state index contributed by atoms with van der Waals surface area (Å²) in [5.74, 6) is 0.973. The molecule has 0 atom stereocenters. The van der Waals surface area contributed by atoms with Crippen LogP contribution in [0.2, 0.25) is 0 Å². The van der Waals surface area contributed by atoms with Crippen LogP contribution in [-0.2, 0) is 12.8 Å². The van der Waals surface area contributed by atoms with Gasteiger partial charge in [-0.25, -0.2) is 0 Å². The van der Waals surface area contributed by atoms with Crippen molar-refractivity contribution in [2.45, 2.75) is 39.5 Å². The highest BCUT2D eigenvalue weighted by atomic mass is 79.9. The second kappa shape index (κ2) is 8.17. The zero-order chi connectivity index (χ0) is 16.9. The fourth-order valence-corrected chi connectivity index (χ4v) is 4.47. The number of halogens is 1. The molecule has 0 aliphatic rings. The van der Waals surface area contributed by atoms with Crippen molar-refractivity contribution in [2.24, 2.45) is 0 Å². The minimum absolute atomic E-state index is 0.786. The molecule has 0 aliphatic heterocycles. The van der Waals surface area contributed by atoms with Crippen LogP contribution in [0, 0.1) is 0 Å². The maximum absolute atomic E-state index is 5.93. The Morgan fingerprint density at radius 3 is 2.62 bits per heavy atom. The van der Waals surface area contributed by atoms with Crippen LogP contribution in [-0.4, -0.2) is 6.61 Å². The number of unbranched alkanes of at least 4 members (excludes halogenated alkanes) is 1. The van der Waals surface area contributed by atoms with E-state index in [1.54, 1.807) is 0 Å². The smallest absolute Gasteiger partial charge is 0.133 e. The summed E-state index contributed by atoms with van der Waals surface area (Å²) in [7, 11) is 0. The number of hydrogen-bond acceptors (Lipinski definition) is 2. The van der Waals surface area contributed by atoms with Crippen molar-refractivity contribution in [3.8, 4) is 5.75 Å². The number of rotatable bonds is 7. The van der Waals surface area contributed by atoms with Crippen molar-refractivity contribution in [3.63, 3.8) is 0 Å². The molecule has 0 fully saturated rings. The Bertz CT molecular complexity index is 789. The third kappa shape index (κ3) is 4.01. The van der Waals surface area contributed by atoms with Crippen molar-refractivity contribution in [1.82, 2.24) is 0 Å². The van der Waals surface area contributed by atoms with Gasteiger partial charge in [0.05, 0.1) is 11.1 Å². The van der Waals surface area contributed by atoms with Crippen LogP contribution < -0.4 is 4.74 Å². The number of fused-ring (bicyclic) bond motifs is 1. The lowest BCUT2D eigenvalue weighted by molar-refractivity contribution is 0.307.